The molecule has 4 nitrogen and oxygen atoms in total. The van der Waals surface area contributed by atoms with E-state index >= 15 is 0 Å². The lowest BCUT2D eigenvalue weighted by molar-refractivity contribution is -0.121. The summed E-state index contributed by atoms with van der Waals surface area (Å²) in [6, 6.07) is 2.52. The van der Waals surface area contributed by atoms with Crippen LogP contribution in [0.15, 0.2) is 12.1 Å². The fraction of sp³-hybridized carbons (Fsp3) is 0.417. The Balaban J connectivity index is 2.76. The van der Waals surface area contributed by atoms with Gasteiger partial charge in [0.15, 0.2) is 5.75 Å². The van der Waals surface area contributed by atoms with Gasteiger partial charge in [-0.2, -0.15) is 8.78 Å². The van der Waals surface area contributed by atoms with E-state index in [0.29, 0.717) is 0 Å². The summed E-state index contributed by atoms with van der Waals surface area (Å²) >= 11 is 11.5. The fourth-order valence-corrected chi connectivity index (χ4v) is 1.85. The van der Waals surface area contributed by atoms with Gasteiger partial charge in [0.2, 0.25) is 5.91 Å². The van der Waals surface area contributed by atoms with Gasteiger partial charge in [-0.15, -0.1) is 0 Å². The summed E-state index contributed by atoms with van der Waals surface area (Å²) in [5.41, 5.74) is 0.263. The summed E-state index contributed by atoms with van der Waals surface area (Å²) in [6.45, 7) is 0.404. The second-order valence-electron chi connectivity index (χ2n) is 4.06. The zero-order valence-corrected chi connectivity index (χ0v) is 12.3. The van der Waals surface area contributed by atoms with Crippen molar-refractivity contribution in [3.8, 4) is 5.75 Å². The first-order valence-electron chi connectivity index (χ1n) is 5.65. The van der Waals surface area contributed by atoms with Gasteiger partial charge in [0, 0.05) is 5.69 Å². The molecule has 1 aromatic carbocycles. The molecular formula is C12H13Cl2F2NO3. The highest BCUT2D eigenvalue weighted by atomic mass is 35.5. The Bertz CT molecular complexity index is 461. The number of carbonyl (C=O) groups excluding carboxylic acids is 1. The number of benzene rings is 1. The molecule has 0 saturated heterocycles. The third-order valence-electron chi connectivity index (χ3n) is 2.04. The van der Waals surface area contributed by atoms with Gasteiger partial charge >= 0.3 is 6.61 Å². The molecule has 0 atom stereocenters. The molecule has 1 amide bonds. The number of amides is 1. The largest absolute Gasteiger partial charge is 0.432 e. The molecule has 0 aliphatic carbocycles. The zero-order valence-electron chi connectivity index (χ0n) is 10.8. The van der Waals surface area contributed by atoms with Gasteiger partial charge < -0.3 is 14.8 Å². The first-order chi connectivity index (χ1) is 9.29. The highest BCUT2D eigenvalue weighted by Gasteiger charge is 2.15. The Morgan fingerprint density at radius 3 is 2.30 bits per heavy atom. The second-order valence-corrected chi connectivity index (χ2v) is 4.87. The van der Waals surface area contributed by atoms with Crippen molar-refractivity contribution in [1.29, 1.82) is 0 Å². The van der Waals surface area contributed by atoms with Crippen molar-refractivity contribution in [3.63, 3.8) is 0 Å². The summed E-state index contributed by atoms with van der Waals surface area (Å²) in [5, 5.41) is 2.23. The van der Waals surface area contributed by atoms with Crippen LogP contribution < -0.4 is 10.1 Å². The van der Waals surface area contributed by atoms with Gasteiger partial charge in [0.05, 0.1) is 16.1 Å². The number of halogens is 4. The first kappa shape index (κ1) is 16.9. The molecular weight excluding hydrogens is 315 g/mol. The van der Waals surface area contributed by atoms with Gasteiger partial charge in [-0.05, 0) is 26.0 Å². The Morgan fingerprint density at radius 1 is 1.30 bits per heavy atom. The summed E-state index contributed by atoms with van der Waals surface area (Å²) in [7, 11) is 0. The minimum atomic E-state index is -3.04. The average molecular weight is 328 g/mol. The van der Waals surface area contributed by atoms with Crippen LogP contribution in [0.2, 0.25) is 10.0 Å². The molecule has 0 aromatic heterocycles. The van der Waals surface area contributed by atoms with E-state index in [0.717, 1.165) is 0 Å². The quantitative estimate of drug-likeness (QED) is 0.860. The Kier molecular flexibility index (Phi) is 6.45. The van der Waals surface area contributed by atoms with E-state index in [1.807, 2.05) is 0 Å². The summed E-state index contributed by atoms with van der Waals surface area (Å²) < 4.78 is 33.6. The maximum atomic E-state index is 12.1. The molecule has 20 heavy (non-hydrogen) atoms. The highest BCUT2D eigenvalue weighted by molar-refractivity contribution is 6.37. The van der Waals surface area contributed by atoms with Crippen molar-refractivity contribution in [2.75, 3.05) is 11.9 Å². The molecule has 0 aliphatic rings. The maximum Gasteiger partial charge on any atom is 0.387 e. The molecule has 0 spiro atoms. The van der Waals surface area contributed by atoms with E-state index in [2.05, 4.69) is 10.1 Å². The normalized spacial score (nSPS) is 11.0. The van der Waals surface area contributed by atoms with E-state index in [4.69, 9.17) is 27.9 Å². The number of nitrogens with one attached hydrogen (secondary N) is 1. The van der Waals surface area contributed by atoms with Crippen LogP contribution in [0.25, 0.3) is 0 Å². The number of hydrogen-bond acceptors (Lipinski definition) is 3. The zero-order chi connectivity index (χ0) is 15.3. The lowest BCUT2D eigenvalue weighted by Gasteiger charge is -2.12. The molecule has 0 aliphatic heterocycles. The van der Waals surface area contributed by atoms with Gasteiger partial charge in [0.25, 0.3) is 0 Å². The van der Waals surface area contributed by atoms with Crippen LogP contribution in [0.4, 0.5) is 14.5 Å². The van der Waals surface area contributed by atoms with Crippen molar-refractivity contribution < 1.29 is 23.0 Å². The molecule has 8 heteroatoms. The number of ether oxygens (including phenoxy) is 2. The minimum absolute atomic E-state index is 0.0882. The molecule has 1 rings (SSSR count). The number of alkyl halides is 2. The summed E-state index contributed by atoms with van der Waals surface area (Å²) in [4.78, 5) is 11.5. The molecule has 1 aromatic rings. The van der Waals surface area contributed by atoms with Crippen molar-refractivity contribution in [1.82, 2.24) is 0 Å². The van der Waals surface area contributed by atoms with Crippen LogP contribution in [0.1, 0.15) is 13.8 Å². The summed E-state index contributed by atoms with van der Waals surface area (Å²) in [5.74, 6) is -0.742. The third-order valence-corrected chi connectivity index (χ3v) is 2.60. The smallest absolute Gasteiger partial charge is 0.387 e. The van der Waals surface area contributed by atoms with Crippen LogP contribution in [-0.4, -0.2) is 25.2 Å². The van der Waals surface area contributed by atoms with Gasteiger partial charge in [-0.3, -0.25) is 4.79 Å². The fourth-order valence-electron chi connectivity index (χ4n) is 1.27. The molecule has 0 bridgehead atoms. The number of anilines is 1. The second kappa shape index (κ2) is 7.61. The van der Waals surface area contributed by atoms with Crippen LogP contribution in [0.5, 0.6) is 5.75 Å². The van der Waals surface area contributed by atoms with E-state index in [-0.39, 0.29) is 34.2 Å². The number of rotatable bonds is 6. The van der Waals surface area contributed by atoms with Crippen molar-refractivity contribution in [2.45, 2.75) is 26.6 Å². The Morgan fingerprint density at radius 2 is 1.85 bits per heavy atom. The third kappa shape index (κ3) is 5.48. The predicted octanol–water partition coefficient (Wildman–Crippen LogP) is 3.96. The van der Waals surface area contributed by atoms with Crippen molar-refractivity contribution >= 4 is 34.8 Å². The first-order valence-corrected chi connectivity index (χ1v) is 6.40. The molecule has 0 saturated carbocycles. The van der Waals surface area contributed by atoms with Gasteiger partial charge in [-0.25, -0.2) is 0 Å². The SMILES string of the molecule is CC(C)OCC(=O)Nc1cc(Cl)c(OC(F)F)c(Cl)c1. The van der Waals surface area contributed by atoms with E-state index in [1.54, 1.807) is 13.8 Å². The monoisotopic (exact) mass is 327 g/mol. The lowest BCUT2D eigenvalue weighted by Crippen LogP contribution is -2.20. The number of carbonyl (C=O) groups is 1. The van der Waals surface area contributed by atoms with Crippen LogP contribution in [0, 0.1) is 0 Å². The Labute approximate surface area is 124 Å². The van der Waals surface area contributed by atoms with Crippen LogP contribution in [-0.2, 0) is 9.53 Å². The predicted molar refractivity (Wildman–Crippen MR) is 72.8 cm³/mol. The molecule has 0 fully saturated rings. The molecule has 112 valence electrons. The number of hydrogen-bond donors (Lipinski definition) is 1. The van der Waals surface area contributed by atoms with Crippen molar-refractivity contribution in [2.24, 2.45) is 0 Å². The molecule has 0 radical (unpaired) electrons. The standard InChI is InChI=1S/C12H13Cl2F2NO3/c1-6(2)19-5-10(18)17-7-3-8(13)11(9(14)4-7)20-12(15)16/h3-4,6,12H,5H2,1-2H3,(H,17,18). The highest BCUT2D eigenvalue weighted by Crippen LogP contribution is 2.36. The van der Waals surface area contributed by atoms with Gasteiger partial charge in [0.1, 0.15) is 6.61 Å². The van der Waals surface area contributed by atoms with E-state index < -0.39 is 12.5 Å². The minimum Gasteiger partial charge on any atom is -0.432 e. The maximum absolute atomic E-state index is 12.1. The van der Waals surface area contributed by atoms with Gasteiger partial charge in [-0.1, -0.05) is 23.2 Å². The van der Waals surface area contributed by atoms with Crippen LogP contribution in [0.3, 0.4) is 0 Å². The lowest BCUT2D eigenvalue weighted by atomic mass is 10.3. The topological polar surface area (TPSA) is 47.6 Å². The van der Waals surface area contributed by atoms with E-state index in [9.17, 15) is 13.6 Å². The molecule has 0 heterocycles. The Hall–Kier alpha value is -1.11. The van der Waals surface area contributed by atoms with Crippen molar-refractivity contribution in [3.05, 3.63) is 22.2 Å². The van der Waals surface area contributed by atoms with Crippen LogP contribution >= 0.6 is 23.2 Å². The summed E-state index contributed by atoms with van der Waals surface area (Å²) in [6.07, 6.45) is -0.0882. The molecule has 1 N–H and O–H groups in total. The molecule has 0 unspecified atom stereocenters. The van der Waals surface area contributed by atoms with E-state index in [1.165, 1.54) is 12.1 Å². The average Bonchev–Trinajstić information content (AvgIpc) is 2.31.